The van der Waals surface area contributed by atoms with Gasteiger partial charge in [-0.25, -0.2) is 0 Å². The van der Waals surface area contributed by atoms with Crippen molar-refractivity contribution >= 4 is 28.2 Å². The van der Waals surface area contributed by atoms with E-state index in [1.807, 2.05) is 72.8 Å². The van der Waals surface area contributed by atoms with Crippen molar-refractivity contribution in [3.05, 3.63) is 89.5 Å². The normalized spacial score (nSPS) is 21.6. The van der Waals surface area contributed by atoms with Gasteiger partial charge in [0.15, 0.2) is 0 Å². The van der Waals surface area contributed by atoms with Crippen LogP contribution in [-0.2, 0) is 9.59 Å². The smallest absolute Gasteiger partial charge is 0.295 e. The van der Waals surface area contributed by atoms with Gasteiger partial charge < -0.3 is 10.0 Å². The molecule has 4 heteroatoms. The van der Waals surface area contributed by atoms with Crippen LogP contribution in [0.3, 0.4) is 0 Å². The van der Waals surface area contributed by atoms with E-state index in [0.717, 1.165) is 42.0 Å². The van der Waals surface area contributed by atoms with Gasteiger partial charge in [0.2, 0.25) is 0 Å². The average molecular weight is 397 g/mol. The summed E-state index contributed by atoms with van der Waals surface area (Å²) < 4.78 is 0. The summed E-state index contributed by atoms with van der Waals surface area (Å²) in [7, 11) is 0. The lowest BCUT2D eigenvalue weighted by Crippen LogP contribution is -2.37. The first kappa shape index (κ1) is 18.6. The topological polar surface area (TPSA) is 57.6 Å². The van der Waals surface area contributed by atoms with Crippen LogP contribution in [-0.4, -0.2) is 27.7 Å². The Labute approximate surface area is 175 Å². The molecule has 2 fully saturated rings. The van der Waals surface area contributed by atoms with Crippen molar-refractivity contribution < 1.29 is 14.7 Å². The second-order valence-corrected chi connectivity index (χ2v) is 8.08. The zero-order valence-corrected chi connectivity index (χ0v) is 16.6. The summed E-state index contributed by atoms with van der Waals surface area (Å²) in [6.07, 6.45) is 3.90. The molecule has 1 saturated heterocycles. The van der Waals surface area contributed by atoms with Gasteiger partial charge in [0.1, 0.15) is 5.76 Å². The van der Waals surface area contributed by atoms with E-state index < -0.39 is 17.7 Å². The largest absolute Gasteiger partial charge is 0.507 e. The van der Waals surface area contributed by atoms with Crippen molar-refractivity contribution in [2.24, 2.45) is 0 Å². The molecule has 1 amide bonds. The number of aliphatic hydroxyl groups is 1. The monoisotopic (exact) mass is 397 g/mol. The number of likely N-dealkylation sites (tertiary alicyclic amines) is 1. The molecule has 3 aromatic rings. The maximum Gasteiger partial charge on any atom is 0.295 e. The zero-order valence-electron chi connectivity index (χ0n) is 16.6. The Morgan fingerprint density at radius 3 is 2.27 bits per heavy atom. The van der Waals surface area contributed by atoms with E-state index in [1.165, 1.54) is 0 Å². The molecule has 1 unspecified atom stereocenters. The summed E-state index contributed by atoms with van der Waals surface area (Å²) in [5, 5.41) is 13.2. The number of ketones is 1. The Morgan fingerprint density at radius 2 is 1.50 bits per heavy atom. The Bertz CT molecular complexity index is 1150. The fourth-order valence-corrected chi connectivity index (χ4v) is 4.95. The van der Waals surface area contributed by atoms with Crippen molar-refractivity contribution in [3.8, 4) is 0 Å². The first-order chi connectivity index (χ1) is 14.7. The van der Waals surface area contributed by atoms with Crippen LogP contribution in [0.25, 0.3) is 16.5 Å². The molecule has 0 spiro atoms. The molecule has 0 bridgehead atoms. The second-order valence-electron chi connectivity index (χ2n) is 8.08. The van der Waals surface area contributed by atoms with Crippen LogP contribution in [0, 0.1) is 0 Å². The highest BCUT2D eigenvalue weighted by Crippen LogP contribution is 2.43. The van der Waals surface area contributed by atoms with E-state index in [0.29, 0.717) is 5.56 Å². The molecule has 2 aliphatic rings. The van der Waals surface area contributed by atoms with Crippen LogP contribution >= 0.6 is 0 Å². The van der Waals surface area contributed by atoms with E-state index in [4.69, 9.17) is 0 Å². The van der Waals surface area contributed by atoms with Crippen LogP contribution in [0.4, 0.5) is 0 Å². The number of amides is 1. The maximum atomic E-state index is 13.2. The van der Waals surface area contributed by atoms with Gasteiger partial charge in [0.05, 0.1) is 11.6 Å². The lowest BCUT2D eigenvalue weighted by molar-refractivity contribution is -0.141. The van der Waals surface area contributed by atoms with Crippen LogP contribution in [0.15, 0.2) is 78.4 Å². The molecule has 0 radical (unpaired) electrons. The van der Waals surface area contributed by atoms with Gasteiger partial charge >= 0.3 is 0 Å². The van der Waals surface area contributed by atoms with Gasteiger partial charge in [-0.3, -0.25) is 9.59 Å². The molecular formula is C26H23NO3. The van der Waals surface area contributed by atoms with Gasteiger partial charge in [0, 0.05) is 11.6 Å². The summed E-state index contributed by atoms with van der Waals surface area (Å²) in [4.78, 5) is 28.0. The minimum absolute atomic E-state index is 0.0319. The number of hydrogen-bond donors (Lipinski definition) is 1. The molecule has 1 aliphatic carbocycles. The first-order valence-corrected chi connectivity index (χ1v) is 10.5. The zero-order chi connectivity index (χ0) is 20.7. The lowest BCUT2D eigenvalue weighted by atomic mass is 9.93. The maximum absolute atomic E-state index is 13.2. The summed E-state index contributed by atoms with van der Waals surface area (Å²) >= 11 is 0. The van der Waals surface area contributed by atoms with E-state index in [9.17, 15) is 14.7 Å². The molecule has 1 heterocycles. The Balaban J connectivity index is 1.73. The summed E-state index contributed by atoms with van der Waals surface area (Å²) in [5.74, 6) is -1.20. The first-order valence-electron chi connectivity index (χ1n) is 10.5. The third-order valence-electron chi connectivity index (χ3n) is 6.36. The van der Waals surface area contributed by atoms with Gasteiger partial charge in [0.25, 0.3) is 11.7 Å². The molecule has 30 heavy (non-hydrogen) atoms. The number of Topliss-reactive ketones (excluding diaryl/α,β-unsaturated/α-hetero) is 1. The van der Waals surface area contributed by atoms with Gasteiger partial charge in [-0.05, 0) is 29.2 Å². The fraction of sp³-hybridized carbons (Fsp3) is 0.231. The summed E-state index contributed by atoms with van der Waals surface area (Å²) in [6.45, 7) is 0. The molecule has 3 aromatic carbocycles. The van der Waals surface area contributed by atoms with Crippen LogP contribution in [0.5, 0.6) is 0 Å². The van der Waals surface area contributed by atoms with Crippen LogP contribution < -0.4 is 0 Å². The van der Waals surface area contributed by atoms with Gasteiger partial charge in [-0.15, -0.1) is 0 Å². The van der Waals surface area contributed by atoms with Crippen molar-refractivity contribution in [1.82, 2.24) is 4.90 Å². The van der Waals surface area contributed by atoms with Gasteiger partial charge in [-0.2, -0.15) is 0 Å². The Kier molecular flexibility index (Phi) is 4.62. The molecule has 1 atom stereocenters. The molecule has 5 rings (SSSR count). The number of rotatable bonds is 3. The standard InChI is InChI=1S/C26H23NO3/c28-24(21-16-8-12-17-9-4-7-15-20(17)21)22-23(18-10-2-1-3-11-18)27(26(30)25(22)29)19-13-5-6-14-19/h1-4,7-12,15-16,19,23,28H,5-6,13-14H2/b24-22-. The van der Waals surface area contributed by atoms with Crippen LogP contribution in [0.1, 0.15) is 42.9 Å². The number of nitrogens with zero attached hydrogens (tertiary/aromatic N) is 1. The molecule has 1 N–H and O–H groups in total. The van der Waals surface area contributed by atoms with E-state index >= 15 is 0 Å². The fourth-order valence-electron chi connectivity index (χ4n) is 4.95. The Hall–Kier alpha value is -3.40. The number of hydrogen-bond acceptors (Lipinski definition) is 3. The number of carbonyl (C=O) groups is 2. The van der Waals surface area contributed by atoms with E-state index in [1.54, 1.807) is 4.90 Å². The molecule has 4 nitrogen and oxygen atoms in total. The SMILES string of the molecule is O=C1C(=O)N(C2CCCC2)C(c2ccccc2)/C1=C(/O)c1cccc2ccccc12. The average Bonchev–Trinajstić information content (AvgIpc) is 3.40. The predicted octanol–water partition coefficient (Wildman–Crippen LogP) is 5.20. The Morgan fingerprint density at radius 1 is 0.833 bits per heavy atom. The second kappa shape index (κ2) is 7.45. The summed E-state index contributed by atoms with van der Waals surface area (Å²) in [6, 6.07) is 22.4. The van der Waals surface area contributed by atoms with Crippen molar-refractivity contribution in [3.63, 3.8) is 0 Å². The highest BCUT2D eigenvalue weighted by molar-refractivity contribution is 6.46. The third-order valence-corrected chi connectivity index (χ3v) is 6.36. The highest BCUT2D eigenvalue weighted by Gasteiger charge is 2.49. The van der Waals surface area contributed by atoms with E-state index in [-0.39, 0.29) is 17.4 Å². The number of benzene rings is 3. The van der Waals surface area contributed by atoms with Crippen LogP contribution in [0.2, 0.25) is 0 Å². The van der Waals surface area contributed by atoms with Crippen molar-refractivity contribution in [1.29, 1.82) is 0 Å². The molecule has 150 valence electrons. The lowest BCUT2D eigenvalue weighted by Gasteiger charge is -2.30. The quantitative estimate of drug-likeness (QED) is 0.375. The molecular weight excluding hydrogens is 374 g/mol. The highest BCUT2D eigenvalue weighted by atomic mass is 16.3. The number of carbonyl (C=O) groups excluding carboxylic acids is 2. The van der Waals surface area contributed by atoms with Crippen molar-refractivity contribution in [2.75, 3.05) is 0 Å². The number of fused-ring (bicyclic) bond motifs is 1. The van der Waals surface area contributed by atoms with Gasteiger partial charge in [-0.1, -0.05) is 85.6 Å². The molecule has 1 aliphatic heterocycles. The number of aliphatic hydroxyl groups excluding tert-OH is 1. The van der Waals surface area contributed by atoms with E-state index in [2.05, 4.69) is 0 Å². The minimum Gasteiger partial charge on any atom is -0.507 e. The molecule has 1 saturated carbocycles. The van der Waals surface area contributed by atoms with Crippen molar-refractivity contribution in [2.45, 2.75) is 37.8 Å². The third kappa shape index (κ3) is 2.91. The minimum atomic E-state index is -0.596. The summed E-state index contributed by atoms with van der Waals surface area (Å²) in [5.41, 5.74) is 1.62. The molecule has 0 aromatic heterocycles. The predicted molar refractivity (Wildman–Crippen MR) is 117 cm³/mol.